The molecule has 0 amide bonds. The molecule has 1 fully saturated rings. The number of hydrogen-bond acceptors (Lipinski definition) is 7. The van der Waals surface area contributed by atoms with Crippen LogP contribution < -0.4 is 5.73 Å². The SMILES string of the molecule is CC(C(=O)[C@@H]1[C@@H](c2ccccc2)[C@H]1S(C)(=O)=O)(c1cscn1)C(N)C(=O)O. The summed E-state index contributed by atoms with van der Waals surface area (Å²) in [6.45, 7) is 1.43. The lowest BCUT2D eigenvalue weighted by Crippen LogP contribution is -2.54. The van der Waals surface area contributed by atoms with Gasteiger partial charge >= 0.3 is 5.97 Å². The van der Waals surface area contributed by atoms with E-state index in [0.717, 1.165) is 11.8 Å². The van der Waals surface area contributed by atoms with Crippen molar-refractivity contribution in [1.82, 2.24) is 4.98 Å². The molecule has 27 heavy (non-hydrogen) atoms. The minimum atomic E-state index is -3.52. The maximum absolute atomic E-state index is 13.5. The van der Waals surface area contributed by atoms with Gasteiger partial charge in [-0.1, -0.05) is 30.3 Å². The van der Waals surface area contributed by atoms with E-state index in [2.05, 4.69) is 4.98 Å². The van der Waals surface area contributed by atoms with Crippen LogP contribution in [0.4, 0.5) is 0 Å². The zero-order valence-corrected chi connectivity index (χ0v) is 16.4. The van der Waals surface area contributed by atoms with Gasteiger partial charge < -0.3 is 10.8 Å². The third-order valence-electron chi connectivity index (χ3n) is 5.30. The lowest BCUT2D eigenvalue weighted by molar-refractivity contribution is -0.143. The average Bonchev–Trinajstić information content (AvgIpc) is 3.15. The Morgan fingerprint density at radius 1 is 1.30 bits per heavy atom. The van der Waals surface area contributed by atoms with E-state index in [0.29, 0.717) is 0 Å². The molecule has 1 aromatic heterocycles. The molecule has 5 atom stereocenters. The molecule has 3 rings (SSSR count). The fourth-order valence-corrected chi connectivity index (χ4v) is 5.97. The van der Waals surface area contributed by atoms with Crippen molar-refractivity contribution in [1.29, 1.82) is 0 Å². The van der Waals surface area contributed by atoms with Crippen molar-refractivity contribution in [2.24, 2.45) is 11.7 Å². The van der Waals surface area contributed by atoms with Crippen molar-refractivity contribution in [3.05, 3.63) is 52.5 Å². The molecular weight excluding hydrogens is 388 g/mol. The van der Waals surface area contributed by atoms with E-state index in [1.807, 2.05) is 0 Å². The Labute approximate surface area is 161 Å². The first-order chi connectivity index (χ1) is 12.6. The Morgan fingerprint density at radius 2 is 1.93 bits per heavy atom. The minimum absolute atomic E-state index is 0.248. The number of ketones is 1. The van der Waals surface area contributed by atoms with Crippen molar-refractivity contribution >= 4 is 32.9 Å². The maximum Gasteiger partial charge on any atom is 0.321 e. The number of carbonyl (C=O) groups excluding carboxylic acids is 1. The van der Waals surface area contributed by atoms with Gasteiger partial charge in [0.2, 0.25) is 0 Å². The van der Waals surface area contributed by atoms with Crippen LogP contribution in [0.3, 0.4) is 0 Å². The van der Waals surface area contributed by atoms with E-state index < -0.39 is 50.1 Å². The van der Waals surface area contributed by atoms with Gasteiger partial charge in [0.05, 0.1) is 21.9 Å². The van der Waals surface area contributed by atoms with Crippen LogP contribution in [0.5, 0.6) is 0 Å². The van der Waals surface area contributed by atoms with E-state index in [9.17, 15) is 23.1 Å². The number of aliphatic carboxylic acids is 1. The van der Waals surface area contributed by atoms with Gasteiger partial charge in [-0.25, -0.2) is 13.4 Å². The van der Waals surface area contributed by atoms with Crippen molar-refractivity contribution in [3.8, 4) is 0 Å². The van der Waals surface area contributed by atoms with Crippen LogP contribution >= 0.6 is 11.3 Å². The second-order valence-corrected chi connectivity index (χ2v) is 9.93. The summed E-state index contributed by atoms with van der Waals surface area (Å²) in [6.07, 6.45) is 1.10. The molecular formula is C18H20N2O5S2. The summed E-state index contributed by atoms with van der Waals surface area (Å²) in [5.41, 5.74) is 6.74. The van der Waals surface area contributed by atoms with Crippen molar-refractivity contribution in [2.75, 3.05) is 6.26 Å². The molecule has 1 saturated carbocycles. The van der Waals surface area contributed by atoms with Crippen LogP contribution in [0.2, 0.25) is 0 Å². The summed E-state index contributed by atoms with van der Waals surface area (Å²) in [5.74, 6) is -3.23. The molecule has 1 aliphatic rings. The highest BCUT2D eigenvalue weighted by Crippen LogP contribution is 2.55. The number of benzene rings is 1. The second kappa shape index (κ2) is 6.81. The Balaban J connectivity index is 2.07. The molecule has 0 bridgehead atoms. The number of sulfone groups is 1. The summed E-state index contributed by atoms with van der Waals surface area (Å²) in [6, 6.07) is 7.36. The summed E-state index contributed by atoms with van der Waals surface area (Å²) >= 11 is 1.22. The molecule has 1 aliphatic carbocycles. The molecule has 3 N–H and O–H groups in total. The standard InChI is InChI=1S/C18H20N2O5S2/c1-18(15(19)17(22)23,11-8-26-9-20-11)16(21)13-12(14(13)27(2,24)25)10-6-4-3-5-7-10/h3-9,12-15H,19H2,1-2H3,(H,22,23)/t12-,13-,14-,15?,18?/m1/s1. The van der Waals surface area contributed by atoms with Crippen LogP contribution in [0.15, 0.2) is 41.2 Å². The van der Waals surface area contributed by atoms with Crippen LogP contribution in [-0.2, 0) is 24.8 Å². The topological polar surface area (TPSA) is 127 Å². The number of rotatable bonds is 7. The van der Waals surface area contributed by atoms with Crippen LogP contribution in [0.25, 0.3) is 0 Å². The quantitative estimate of drug-likeness (QED) is 0.705. The Morgan fingerprint density at radius 3 is 2.41 bits per heavy atom. The first kappa shape index (κ1) is 19.7. The Hall–Kier alpha value is -2.10. The molecule has 9 heteroatoms. The van der Waals surface area contributed by atoms with Crippen molar-refractivity contribution < 1.29 is 23.1 Å². The zero-order valence-electron chi connectivity index (χ0n) is 14.8. The lowest BCUT2D eigenvalue weighted by Gasteiger charge is -2.30. The van der Waals surface area contributed by atoms with Gasteiger partial charge in [0.1, 0.15) is 6.04 Å². The molecule has 0 spiro atoms. The van der Waals surface area contributed by atoms with E-state index in [1.54, 1.807) is 35.7 Å². The van der Waals surface area contributed by atoms with Crippen LogP contribution in [-0.4, -0.2) is 47.8 Å². The first-order valence-corrected chi connectivity index (χ1v) is 11.1. The number of hydrogen-bond donors (Lipinski definition) is 2. The number of nitrogens with two attached hydrogens (primary N) is 1. The monoisotopic (exact) mass is 408 g/mol. The average molecular weight is 409 g/mol. The van der Waals surface area contributed by atoms with Gasteiger partial charge in [-0.15, -0.1) is 11.3 Å². The van der Waals surface area contributed by atoms with Crippen molar-refractivity contribution in [2.45, 2.75) is 29.5 Å². The number of carbonyl (C=O) groups is 2. The largest absolute Gasteiger partial charge is 0.480 e. The molecule has 2 aromatic rings. The third kappa shape index (κ3) is 3.30. The van der Waals surface area contributed by atoms with Gasteiger partial charge in [0.15, 0.2) is 15.6 Å². The summed E-state index contributed by atoms with van der Waals surface area (Å²) in [4.78, 5) is 29.2. The Kier molecular flexibility index (Phi) is 4.96. The molecule has 144 valence electrons. The molecule has 7 nitrogen and oxygen atoms in total. The maximum atomic E-state index is 13.5. The Bertz CT molecular complexity index is 959. The number of Topliss-reactive ketones (excluding diaryl/α,β-unsaturated/α-hetero) is 1. The fourth-order valence-electron chi connectivity index (χ4n) is 3.70. The molecule has 2 unspecified atom stereocenters. The van der Waals surface area contributed by atoms with Crippen LogP contribution in [0, 0.1) is 5.92 Å². The van der Waals surface area contributed by atoms with Crippen molar-refractivity contribution in [3.63, 3.8) is 0 Å². The first-order valence-electron chi connectivity index (χ1n) is 8.25. The summed E-state index contributed by atoms with van der Waals surface area (Å²) in [7, 11) is -3.52. The lowest BCUT2D eigenvalue weighted by atomic mass is 9.74. The van der Waals surface area contributed by atoms with Gasteiger partial charge in [0.25, 0.3) is 0 Å². The number of nitrogens with zero attached hydrogens (tertiary/aromatic N) is 1. The number of carboxylic acids is 1. The van der Waals surface area contributed by atoms with E-state index in [1.165, 1.54) is 23.8 Å². The molecule has 1 aromatic carbocycles. The molecule has 1 heterocycles. The van der Waals surface area contributed by atoms with Gasteiger partial charge in [-0.3, -0.25) is 9.59 Å². The van der Waals surface area contributed by atoms with Gasteiger partial charge in [-0.2, -0.15) is 0 Å². The highest BCUT2D eigenvalue weighted by atomic mass is 32.2. The zero-order chi connectivity index (χ0) is 20.0. The summed E-state index contributed by atoms with van der Waals surface area (Å²) in [5, 5.41) is 10.1. The highest BCUT2D eigenvalue weighted by molar-refractivity contribution is 7.91. The smallest absolute Gasteiger partial charge is 0.321 e. The number of thiazole rings is 1. The fraction of sp³-hybridized carbons (Fsp3) is 0.389. The minimum Gasteiger partial charge on any atom is -0.480 e. The second-order valence-electron chi connectivity index (χ2n) is 7.01. The predicted molar refractivity (Wildman–Crippen MR) is 101 cm³/mol. The molecule has 0 aliphatic heterocycles. The third-order valence-corrected chi connectivity index (χ3v) is 7.46. The van der Waals surface area contributed by atoms with E-state index >= 15 is 0 Å². The van der Waals surface area contributed by atoms with Gasteiger partial charge in [-0.05, 0) is 12.5 Å². The molecule has 0 saturated heterocycles. The number of carboxylic acid groups (broad SMARTS) is 1. The van der Waals surface area contributed by atoms with E-state index in [4.69, 9.17) is 5.73 Å². The van der Waals surface area contributed by atoms with Gasteiger partial charge in [0, 0.05) is 23.5 Å². The molecule has 0 radical (unpaired) electrons. The van der Waals surface area contributed by atoms with E-state index in [-0.39, 0.29) is 5.69 Å². The summed E-state index contributed by atoms with van der Waals surface area (Å²) < 4.78 is 24.6. The van der Waals surface area contributed by atoms with Crippen LogP contribution in [0.1, 0.15) is 24.1 Å². The highest BCUT2D eigenvalue weighted by Gasteiger charge is 2.65. The predicted octanol–water partition coefficient (Wildman–Crippen LogP) is 1.21. The normalized spacial score (nSPS) is 25.4. The number of aromatic nitrogens is 1.